The second-order valence-electron chi connectivity index (χ2n) is 4.41. The van der Waals surface area contributed by atoms with Crippen molar-refractivity contribution in [2.45, 2.75) is 33.2 Å². The largest absolute Gasteiger partial charge is 0.389 e. The Labute approximate surface area is 86.9 Å². The lowest BCUT2D eigenvalue weighted by atomic mass is 10.1. The summed E-state index contributed by atoms with van der Waals surface area (Å²) in [6, 6.07) is 0. The molecule has 2 aromatic rings. The number of nitrogens with two attached hydrogens (primary N) is 1. The fraction of sp³-hybridized carbons (Fsp3) is 0.556. The van der Waals surface area contributed by atoms with Crippen molar-refractivity contribution < 1.29 is 0 Å². The SMILES string of the molecule is Cc1nn(C(C)(C)C)c2nsc(N)c12. The van der Waals surface area contributed by atoms with Gasteiger partial charge in [0, 0.05) is 0 Å². The lowest BCUT2D eigenvalue weighted by Gasteiger charge is -2.18. The molecule has 76 valence electrons. The lowest BCUT2D eigenvalue weighted by molar-refractivity contribution is 0.365. The Morgan fingerprint density at radius 1 is 1.36 bits per heavy atom. The summed E-state index contributed by atoms with van der Waals surface area (Å²) in [7, 11) is 0. The molecule has 0 aromatic carbocycles. The molecular weight excluding hydrogens is 196 g/mol. The van der Waals surface area contributed by atoms with Gasteiger partial charge in [0.25, 0.3) is 0 Å². The van der Waals surface area contributed by atoms with Crippen LogP contribution in [0.5, 0.6) is 0 Å². The molecular formula is C9H14N4S. The van der Waals surface area contributed by atoms with E-state index in [2.05, 4.69) is 30.2 Å². The Morgan fingerprint density at radius 3 is 2.57 bits per heavy atom. The highest BCUT2D eigenvalue weighted by Gasteiger charge is 2.22. The van der Waals surface area contributed by atoms with Gasteiger partial charge in [0.15, 0.2) is 5.65 Å². The van der Waals surface area contributed by atoms with Gasteiger partial charge in [-0.15, -0.1) is 0 Å². The number of hydrogen-bond donors (Lipinski definition) is 1. The summed E-state index contributed by atoms with van der Waals surface area (Å²) >= 11 is 1.34. The molecule has 0 aliphatic carbocycles. The monoisotopic (exact) mass is 210 g/mol. The molecule has 0 saturated heterocycles. The number of nitrogens with zero attached hydrogens (tertiary/aromatic N) is 3. The van der Waals surface area contributed by atoms with Crippen LogP contribution < -0.4 is 5.73 Å². The van der Waals surface area contributed by atoms with Crippen LogP contribution in [0.2, 0.25) is 0 Å². The molecule has 0 saturated carbocycles. The Bertz CT molecular complexity index is 475. The first kappa shape index (κ1) is 9.45. The maximum absolute atomic E-state index is 5.84. The van der Waals surface area contributed by atoms with Gasteiger partial charge in [-0.2, -0.15) is 9.47 Å². The van der Waals surface area contributed by atoms with E-state index in [0.717, 1.165) is 21.7 Å². The summed E-state index contributed by atoms with van der Waals surface area (Å²) in [5, 5.41) is 6.22. The van der Waals surface area contributed by atoms with E-state index in [9.17, 15) is 0 Å². The van der Waals surface area contributed by atoms with E-state index >= 15 is 0 Å². The topological polar surface area (TPSA) is 56.7 Å². The van der Waals surface area contributed by atoms with Crippen LogP contribution in [-0.4, -0.2) is 14.2 Å². The maximum atomic E-state index is 5.84. The minimum atomic E-state index is -0.0486. The number of aromatic nitrogens is 3. The third-order valence-electron chi connectivity index (χ3n) is 2.15. The zero-order valence-corrected chi connectivity index (χ0v) is 9.64. The molecule has 2 N–H and O–H groups in total. The molecule has 2 aromatic heterocycles. The Hall–Kier alpha value is -1.10. The number of nitrogen functional groups attached to an aromatic ring is 1. The zero-order chi connectivity index (χ0) is 10.5. The lowest BCUT2D eigenvalue weighted by Crippen LogP contribution is -2.23. The highest BCUT2D eigenvalue weighted by atomic mass is 32.1. The fourth-order valence-electron chi connectivity index (χ4n) is 1.49. The Morgan fingerprint density at radius 2 is 2.00 bits per heavy atom. The predicted octanol–water partition coefficient (Wildman–Crippen LogP) is 2.14. The van der Waals surface area contributed by atoms with Gasteiger partial charge in [-0.25, -0.2) is 4.68 Å². The van der Waals surface area contributed by atoms with Crippen LogP contribution in [0.1, 0.15) is 26.5 Å². The van der Waals surface area contributed by atoms with Gasteiger partial charge in [0.05, 0.1) is 16.6 Å². The van der Waals surface area contributed by atoms with Crippen molar-refractivity contribution in [1.82, 2.24) is 14.2 Å². The Balaban J connectivity index is 2.80. The first-order valence-corrected chi connectivity index (χ1v) is 5.29. The summed E-state index contributed by atoms with van der Waals surface area (Å²) in [5.74, 6) is 0. The maximum Gasteiger partial charge on any atom is 0.174 e. The van der Waals surface area contributed by atoms with Gasteiger partial charge in [0.1, 0.15) is 5.00 Å². The van der Waals surface area contributed by atoms with E-state index in [4.69, 9.17) is 5.73 Å². The molecule has 4 nitrogen and oxygen atoms in total. The molecule has 0 amide bonds. The summed E-state index contributed by atoms with van der Waals surface area (Å²) < 4.78 is 6.26. The number of anilines is 1. The first-order valence-electron chi connectivity index (χ1n) is 4.52. The highest BCUT2D eigenvalue weighted by molar-refractivity contribution is 7.11. The summed E-state index contributed by atoms with van der Waals surface area (Å²) in [6.45, 7) is 8.28. The van der Waals surface area contributed by atoms with Crippen LogP contribution in [0.15, 0.2) is 0 Å². The smallest absolute Gasteiger partial charge is 0.174 e. The standard InChI is InChI=1S/C9H14N4S/c1-5-6-7(10)14-12-8(6)13(11-5)9(2,3)4/h10H2,1-4H3. The number of rotatable bonds is 0. The second-order valence-corrected chi connectivity index (χ2v) is 5.22. The molecule has 0 bridgehead atoms. The van der Waals surface area contributed by atoms with Crippen molar-refractivity contribution in [2.24, 2.45) is 0 Å². The molecule has 0 aliphatic rings. The quantitative estimate of drug-likeness (QED) is 0.724. The van der Waals surface area contributed by atoms with Crippen LogP contribution in [-0.2, 0) is 5.54 Å². The van der Waals surface area contributed by atoms with E-state index < -0.39 is 0 Å². The average molecular weight is 210 g/mol. The molecule has 14 heavy (non-hydrogen) atoms. The third kappa shape index (κ3) is 1.19. The van der Waals surface area contributed by atoms with Crippen LogP contribution in [0.3, 0.4) is 0 Å². The highest BCUT2D eigenvalue weighted by Crippen LogP contribution is 2.30. The molecule has 0 spiro atoms. The minimum absolute atomic E-state index is 0.0486. The third-order valence-corrected chi connectivity index (χ3v) is 2.81. The summed E-state index contributed by atoms with van der Waals surface area (Å²) in [5.41, 5.74) is 7.65. The van der Waals surface area contributed by atoms with E-state index in [1.807, 2.05) is 11.6 Å². The molecule has 2 heterocycles. The van der Waals surface area contributed by atoms with Crippen LogP contribution >= 0.6 is 11.5 Å². The number of fused-ring (bicyclic) bond motifs is 1. The number of hydrogen-bond acceptors (Lipinski definition) is 4. The molecule has 0 unspecified atom stereocenters. The van der Waals surface area contributed by atoms with E-state index in [0.29, 0.717) is 0 Å². The minimum Gasteiger partial charge on any atom is -0.389 e. The molecule has 5 heteroatoms. The van der Waals surface area contributed by atoms with E-state index in [1.54, 1.807) is 0 Å². The first-order chi connectivity index (χ1) is 6.41. The molecule has 0 aliphatic heterocycles. The molecule has 0 fully saturated rings. The van der Waals surface area contributed by atoms with E-state index in [1.165, 1.54) is 11.5 Å². The van der Waals surface area contributed by atoms with Crippen LogP contribution in [0.4, 0.5) is 5.00 Å². The van der Waals surface area contributed by atoms with Crippen molar-refractivity contribution in [3.63, 3.8) is 0 Å². The van der Waals surface area contributed by atoms with Crippen molar-refractivity contribution in [2.75, 3.05) is 5.73 Å². The van der Waals surface area contributed by atoms with Gasteiger partial charge >= 0.3 is 0 Å². The van der Waals surface area contributed by atoms with Gasteiger partial charge in [-0.3, -0.25) is 0 Å². The molecule has 0 atom stereocenters. The van der Waals surface area contributed by atoms with Crippen molar-refractivity contribution in [3.8, 4) is 0 Å². The summed E-state index contributed by atoms with van der Waals surface area (Å²) in [6.07, 6.45) is 0. The average Bonchev–Trinajstić information content (AvgIpc) is 2.54. The number of aryl methyl sites for hydroxylation is 1. The van der Waals surface area contributed by atoms with Crippen molar-refractivity contribution in [3.05, 3.63) is 5.69 Å². The molecule has 2 rings (SSSR count). The van der Waals surface area contributed by atoms with Gasteiger partial charge in [-0.1, -0.05) is 0 Å². The van der Waals surface area contributed by atoms with Gasteiger partial charge in [-0.05, 0) is 39.2 Å². The van der Waals surface area contributed by atoms with E-state index in [-0.39, 0.29) is 5.54 Å². The zero-order valence-electron chi connectivity index (χ0n) is 8.83. The van der Waals surface area contributed by atoms with Crippen molar-refractivity contribution in [1.29, 1.82) is 0 Å². The van der Waals surface area contributed by atoms with Crippen molar-refractivity contribution >= 4 is 27.6 Å². The van der Waals surface area contributed by atoms with Crippen LogP contribution in [0, 0.1) is 6.92 Å². The fourth-order valence-corrected chi connectivity index (χ4v) is 2.18. The normalized spacial score (nSPS) is 12.6. The van der Waals surface area contributed by atoms with Crippen LogP contribution in [0.25, 0.3) is 11.0 Å². The van der Waals surface area contributed by atoms with Gasteiger partial charge in [0.2, 0.25) is 0 Å². The molecule has 0 radical (unpaired) electrons. The second kappa shape index (κ2) is 2.70. The summed E-state index contributed by atoms with van der Waals surface area (Å²) in [4.78, 5) is 0. The Kier molecular flexibility index (Phi) is 1.82. The predicted molar refractivity (Wildman–Crippen MR) is 59.6 cm³/mol. The van der Waals surface area contributed by atoms with Gasteiger partial charge < -0.3 is 5.73 Å².